The van der Waals surface area contributed by atoms with E-state index in [0.29, 0.717) is 11.4 Å². The molecule has 0 aliphatic rings. The van der Waals surface area contributed by atoms with Crippen molar-refractivity contribution in [1.82, 2.24) is 10.6 Å². The Balaban J connectivity index is 2.11. The first kappa shape index (κ1) is 25.2. The van der Waals surface area contributed by atoms with Crippen molar-refractivity contribution in [2.75, 3.05) is 17.6 Å². The molecular formula is C21H25ClN4O5S. The smallest absolute Gasteiger partial charge is 0.319 e. The first-order valence-electron chi connectivity index (χ1n) is 9.62. The summed E-state index contributed by atoms with van der Waals surface area (Å²) in [5.74, 6) is -0.729. The number of hydrogen-bond acceptors (Lipinski definition) is 6. The van der Waals surface area contributed by atoms with Crippen molar-refractivity contribution in [1.29, 1.82) is 0 Å². The number of amides is 3. The maximum absolute atomic E-state index is 12.6. The van der Waals surface area contributed by atoms with Crippen LogP contribution in [0.3, 0.4) is 0 Å². The topological polar surface area (TPSA) is 137 Å². The van der Waals surface area contributed by atoms with Gasteiger partial charge in [0.1, 0.15) is 10.7 Å². The van der Waals surface area contributed by atoms with Crippen molar-refractivity contribution in [3.63, 3.8) is 0 Å². The second-order valence-electron chi connectivity index (χ2n) is 7.48. The first-order chi connectivity index (χ1) is 15.0. The van der Waals surface area contributed by atoms with E-state index < -0.39 is 28.2 Å². The van der Waals surface area contributed by atoms with Gasteiger partial charge in [-0.2, -0.15) is 0 Å². The fourth-order valence-corrected chi connectivity index (χ4v) is 3.34. The molecule has 172 valence electrons. The van der Waals surface area contributed by atoms with E-state index in [4.69, 9.17) is 16.8 Å². The van der Waals surface area contributed by atoms with Gasteiger partial charge in [-0.3, -0.25) is 4.79 Å². The molecule has 0 bridgehead atoms. The van der Waals surface area contributed by atoms with Crippen LogP contribution in [0.4, 0.5) is 10.5 Å². The van der Waals surface area contributed by atoms with Gasteiger partial charge in [0.05, 0.1) is 27.6 Å². The highest BCUT2D eigenvalue weighted by Gasteiger charge is 2.24. The second-order valence-corrected chi connectivity index (χ2v) is 9.00. The van der Waals surface area contributed by atoms with Gasteiger partial charge in [0.15, 0.2) is 0 Å². The van der Waals surface area contributed by atoms with Gasteiger partial charge in [-0.1, -0.05) is 35.0 Å². The van der Waals surface area contributed by atoms with Gasteiger partial charge in [-0.15, -0.1) is 0 Å². The number of carbonyl (C=O) groups is 2. The molecule has 0 aliphatic heterocycles. The average Bonchev–Trinajstić information content (AvgIpc) is 2.73. The Hall–Kier alpha value is -3.11. The molecule has 0 heterocycles. The van der Waals surface area contributed by atoms with Crippen LogP contribution in [0.2, 0.25) is 5.02 Å². The van der Waals surface area contributed by atoms with E-state index in [9.17, 15) is 18.0 Å². The highest BCUT2D eigenvalue weighted by Crippen LogP contribution is 2.23. The monoisotopic (exact) mass is 480 g/mol. The number of carbonyl (C=O) groups excluding carboxylic acids is 2. The lowest BCUT2D eigenvalue weighted by atomic mass is 9.92. The van der Waals surface area contributed by atoms with E-state index in [1.54, 1.807) is 25.1 Å². The van der Waals surface area contributed by atoms with Crippen LogP contribution in [0, 0.1) is 0 Å². The summed E-state index contributed by atoms with van der Waals surface area (Å²) in [4.78, 5) is 24.9. The molecular weight excluding hydrogens is 456 g/mol. The molecule has 0 aromatic heterocycles. The fraction of sp³-hybridized carbons (Fsp3) is 0.286. The number of nitrogens with one attached hydrogen (secondary N) is 3. The third-order valence-corrected chi connectivity index (χ3v) is 5.55. The van der Waals surface area contributed by atoms with Gasteiger partial charge < -0.3 is 21.2 Å². The third kappa shape index (κ3) is 6.96. The van der Waals surface area contributed by atoms with Crippen molar-refractivity contribution in [2.45, 2.75) is 26.3 Å². The number of oxime groups is 1. The Morgan fingerprint density at radius 2 is 1.88 bits per heavy atom. The standard InChI is InChI=1S/C21H25ClN4O5S/c1-13(26-29)14-5-4-6-15(11-14)21(2,3)25-20(28)24-16-7-8-18(22)17(12-16)19(27)23-9-10-32(30)31/h4-8,11-12,29,32H,9-10H2,1-3H3,(H,23,27)(H2,24,25,28)/b26-13+. The SMILES string of the molecule is C/C(=N\O)c1cccc(C(C)(C)NC(=O)Nc2ccc(Cl)c(C(=O)NCC[SH](=O)=O)c2)c1. The highest BCUT2D eigenvalue weighted by atomic mass is 35.5. The van der Waals surface area contributed by atoms with E-state index in [1.165, 1.54) is 12.1 Å². The second kappa shape index (κ2) is 11.0. The summed E-state index contributed by atoms with van der Waals surface area (Å²) in [5.41, 5.74) is 1.63. The van der Waals surface area contributed by atoms with Crippen molar-refractivity contribution in [3.05, 3.63) is 64.2 Å². The molecule has 0 saturated carbocycles. The van der Waals surface area contributed by atoms with E-state index in [-0.39, 0.29) is 22.9 Å². The van der Waals surface area contributed by atoms with E-state index in [1.807, 2.05) is 26.0 Å². The molecule has 0 saturated heterocycles. The number of rotatable bonds is 8. The number of halogens is 1. The molecule has 2 rings (SSSR count). The molecule has 32 heavy (non-hydrogen) atoms. The number of thiol groups is 1. The van der Waals surface area contributed by atoms with Crippen molar-refractivity contribution in [2.24, 2.45) is 5.16 Å². The van der Waals surface area contributed by atoms with E-state index in [2.05, 4.69) is 21.1 Å². The third-order valence-electron chi connectivity index (χ3n) is 4.63. The molecule has 0 unspecified atom stereocenters. The quantitative estimate of drug-likeness (QED) is 0.171. The van der Waals surface area contributed by atoms with Crippen LogP contribution in [-0.2, 0) is 16.2 Å². The van der Waals surface area contributed by atoms with Gasteiger partial charge >= 0.3 is 6.03 Å². The Morgan fingerprint density at radius 3 is 2.53 bits per heavy atom. The maximum atomic E-state index is 12.6. The summed E-state index contributed by atoms with van der Waals surface area (Å²) in [6.45, 7) is 5.26. The van der Waals surface area contributed by atoms with Gasteiger partial charge in [-0.05, 0) is 56.2 Å². The van der Waals surface area contributed by atoms with E-state index in [0.717, 1.165) is 11.1 Å². The Bertz CT molecular complexity index is 1110. The molecule has 3 amide bonds. The highest BCUT2D eigenvalue weighted by molar-refractivity contribution is 7.72. The summed E-state index contributed by atoms with van der Waals surface area (Å²) in [6, 6.07) is 11.2. The normalized spacial score (nSPS) is 11.8. The number of anilines is 1. The predicted molar refractivity (Wildman–Crippen MR) is 125 cm³/mol. The van der Waals surface area contributed by atoms with Gasteiger partial charge in [0.25, 0.3) is 5.91 Å². The molecule has 0 radical (unpaired) electrons. The van der Waals surface area contributed by atoms with Crippen LogP contribution in [-0.4, -0.2) is 43.6 Å². The lowest BCUT2D eigenvalue weighted by molar-refractivity contribution is 0.0956. The minimum absolute atomic E-state index is 0.0419. The van der Waals surface area contributed by atoms with Crippen LogP contribution in [0.15, 0.2) is 47.6 Å². The Morgan fingerprint density at radius 1 is 1.16 bits per heavy atom. The first-order valence-corrected chi connectivity index (χ1v) is 11.4. The van der Waals surface area contributed by atoms with Crippen LogP contribution in [0.1, 0.15) is 42.3 Å². The molecule has 0 fully saturated rings. The van der Waals surface area contributed by atoms with Gasteiger partial charge in [0.2, 0.25) is 0 Å². The lowest BCUT2D eigenvalue weighted by Crippen LogP contribution is -2.43. The largest absolute Gasteiger partial charge is 0.411 e. The van der Waals surface area contributed by atoms with Gasteiger partial charge in [-0.25, -0.2) is 13.2 Å². The van der Waals surface area contributed by atoms with Crippen molar-refractivity contribution < 1.29 is 23.2 Å². The fourth-order valence-electron chi connectivity index (χ4n) is 2.84. The van der Waals surface area contributed by atoms with Gasteiger partial charge in [0, 0.05) is 12.2 Å². The summed E-state index contributed by atoms with van der Waals surface area (Å²) < 4.78 is 21.3. The molecule has 4 N–H and O–H groups in total. The molecule has 0 aliphatic carbocycles. The van der Waals surface area contributed by atoms with Crippen LogP contribution < -0.4 is 16.0 Å². The lowest BCUT2D eigenvalue weighted by Gasteiger charge is -2.27. The number of benzene rings is 2. The molecule has 0 atom stereocenters. The van der Waals surface area contributed by atoms with E-state index >= 15 is 0 Å². The number of urea groups is 1. The van der Waals surface area contributed by atoms with Crippen LogP contribution in [0.5, 0.6) is 0 Å². The Labute approximate surface area is 192 Å². The minimum atomic E-state index is -2.60. The van der Waals surface area contributed by atoms with Crippen LogP contribution >= 0.6 is 11.6 Å². The molecule has 0 spiro atoms. The average molecular weight is 481 g/mol. The summed E-state index contributed by atoms with van der Waals surface area (Å²) >= 11 is 6.07. The molecule has 2 aromatic rings. The van der Waals surface area contributed by atoms with Crippen molar-refractivity contribution in [3.8, 4) is 0 Å². The molecule has 9 nitrogen and oxygen atoms in total. The summed E-state index contributed by atoms with van der Waals surface area (Å²) in [6.07, 6.45) is 0. The Kier molecular flexibility index (Phi) is 8.62. The summed E-state index contributed by atoms with van der Waals surface area (Å²) in [5, 5.41) is 20.3. The summed E-state index contributed by atoms with van der Waals surface area (Å²) in [7, 11) is -2.60. The molecule has 2 aromatic carbocycles. The van der Waals surface area contributed by atoms with Crippen LogP contribution in [0.25, 0.3) is 0 Å². The zero-order valence-electron chi connectivity index (χ0n) is 17.8. The zero-order chi connectivity index (χ0) is 23.9. The predicted octanol–water partition coefficient (Wildman–Crippen LogP) is 2.94. The minimum Gasteiger partial charge on any atom is -0.411 e. The maximum Gasteiger partial charge on any atom is 0.319 e. The number of hydrogen-bond donors (Lipinski definition) is 5. The number of nitrogens with zero attached hydrogens (tertiary/aromatic N) is 1. The van der Waals surface area contributed by atoms with Crippen molar-refractivity contribution >= 4 is 45.6 Å². The zero-order valence-corrected chi connectivity index (χ0v) is 19.5. The molecule has 11 heteroatoms.